The van der Waals surface area contributed by atoms with Crippen LogP contribution in [0.5, 0.6) is 0 Å². The molecule has 13 heavy (non-hydrogen) atoms. The van der Waals surface area contributed by atoms with Crippen molar-refractivity contribution in [1.29, 1.82) is 0 Å². The van der Waals surface area contributed by atoms with Crippen LogP contribution in [0.4, 0.5) is 5.69 Å². The first-order valence-corrected chi connectivity index (χ1v) is 4.74. The van der Waals surface area contributed by atoms with Crippen molar-refractivity contribution >= 4 is 5.69 Å². The Hall–Kier alpha value is -1.09. The molecule has 2 aliphatic rings. The third kappa shape index (κ3) is 1.04. The lowest BCUT2D eigenvalue weighted by molar-refractivity contribution is 0.121. The third-order valence-electron chi connectivity index (χ3n) is 3.06. The summed E-state index contributed by atoms with van der Waals surface area (Å²) in [6.07, 6.45) is 3.77. The van der Waals surface area contributed by atoms with Gasteiger partial charge in [-0.1, -0.05) is 0 Å². The summed E-state index contributed by atoms with van der Waals surface area (Å²) in [6, 6.07) is 4.13. The maximum atomic E-state index is 4.12. The molecule has 68 valence electrons. The Kier molecular flexibility index (Phi) is 1.38. The Morgan fingerprint density at radius 1 is 1.38 bits per heavy atom. The van der Waals surface area contributed by atoms with Gasteiger partial charge in [-0.25, -0.2) is 0 Å². The highest BCUT2D eigenvalue weighted by atomic mass is 15.3. The molecule has 0 aromatic carbocycles. The molecule has 3 rings (SSSR count). The summed E-state index contributed by atoms with van der Waals surface area (Å²) in [7, 11) is 0. The Morgan fingerprint density at radius 2 is 2.23 bits per heavy atom. The van der Waals surface area contributed by atoms with E-state index in [9.17, 15) is 0 Å². The number of aromatic nitrogens is 1. The van der Waals surface area contributed by atoms with E-state index < -0.39 is 0 Å². The normalized spacial score (nSPS) is 23.8. The molecule has 1 spiro atoms. The van der Waals surface area contributed by atoms with Crippen LogP contribution in [0.1, 0.15) is 0 Å². The van der Waals surface area contributed by atoms with E-state index in [1.54, 1.807) is 0 Å². The first-order chi connectivity index (χ1) is 6.38. The summed E-state index contributed by atoms with van der Waals surface area (Å²) < 4.78 is 0. The van der Waals surface area contributed by atoms with Crippen LogP contribution in [-0.4, -0.2) is 31.2 Å². The molecule has 1 N–H and O–H groups in total. The molecule has 0 atom stereocenters. The number of hydrogen-bond acceptors (Lipinski definition) is 3. The van der Waals surface area contributed by atoms with Gasteiger partial charge in [-0.15, -0.1) is 0 Å². The highest BCUT2D eigenvalue weighted by Gasteiger charge is 2.47. The van der Waals surface area contributed by atoms with E-state index in [-0.39, 0.29) is 0 Å². The van der Waals surface area contributed by atoms with Gasteiger partial charge in [0.2, 0.25) is 0 Å². The van der Waals surface area contributed by atoms with Gasteiger partial charge in [-0.05, 0) is 12.1 Å². The summed E-state index contributed by atoms with van der Waals surface area (Å²) in [4.78, 5) is 6.52. The monoisotopic (exact) mass is 175 g/mol. The van der Waals surface area contributed by atoms with Gasteiger partial charge in [0.25, 0.3) is 0 Å². The lowest BCUT2D eigenvalue weighted by atomic mass is 9.74. The SMILES string of the molecule is c1cncc(N2CC3(CNC3)C2)c1. The quantitative estimate of drug-likeness (QED) is 0.673. The molecule has 2 fully saturated rings. The Balaban J connectivity index is 1.71. The second kappa shape index (κ2) is 2.45. The molecule has 2 aliphatic heterocycles. The Labute approximate surface area is 77.8 Å². The highest BCUT2D eigenvalue weighted by molar-refractivity contribution is 5.48. The average molecular weight is 175 g/mol. The van der Waals surface area contributed by atoms with Gasteiger partial charge in [0, 0.05) is 37.8 Å². The van der Waals surface area contributed by atoms with Crippen molar-refractivity contribution in [3.63, 3.8) is 0 Å². The molecular formula is C10H13N3. The molecule has 0 amide bonds. The first-order valence-electron chi connectivity index (χ1n) is 4.74. The predicted octanol–water partition coefficient (Wildman–Crippen LogP) is 0.491. The largest absolute Gasteiger partial charge is 0.369 e. The third-order valence-corrected chi connectivity index (χ3v) is 3.06. The highest BCUT2D eigenvalue weighted by Crippen LogP contribution is 2.36. The number of nitrogens with zero attached hydrogens (tertiary/aromatic N) is 2. The van der Waals surface area contributed by atoms with Crippen molar-refractivity contribution < 1.29 is 0 Å². The zero-order valence-corrected chi connectivity index (χ0v) is 7.53. The van der Waals surface area contributed by atoms with Gasteiger partial charge >= 0.3 is 0 Å². The molecule has 3 heteroatoms. The number of nitrogens with one attached hydrogen (secondary N) is 1. The van der Waals surface area contributed by atoms with E-state index in [1.165, 1.54) is 31.9 Å². The maximum Gasteiger partial charge on any atom is 0.0553 e. The number of anilines is 1. The minimum Gasteiger partial charge on any atom is -0.369 e. The first kappa shape index (κ1) is 7.33. The van der Waals surface area contributed by atoms with Gasteiger partial charge in [0.05, 0.1) is 11.9 Å². The second-order valence-corrected chi connectivity index (χ2v) is 4.17. The average Bonchev–Trinajstić information content (AvgIpc) is 2.01. The van der Waals surface area contributed by atoms with E-state index >= 15 is 0 Å². The van der Waals surface area contributed by atoms with E-state index in [0.29, 0.717) is 5.41 Å². The van der Waals surface area contributed by atoms with Crippen LogP contribution in [0.15, 0.2) is 24.5 Å². The standard InChI is InChI=1S/C10H13N3/c1-2-9(4-11-3-1)13-7-10(8-13)5-12-6-10/h1-4,12H,5-8H2. The van der Waals surface area contributed by atoms with E-state index in [0.717, 1.165) is 0 Å². The fourth-order valence-electron chi connectivity index (χ4n) is 2.19. The summed E-state index contributed by atoms with van der Waals surface area (Å²) in [5.41, 5.74) is 1.87. The molecule has 2 saturated heterocycles. The molecule has 3 heterocycles. The number of rotatable bonds is 1. The zero-order chi connectivity index (χ0) is 8.73. The van der Waals surface area contributed by atoms with Gasteiger partial charge in [0.1, 0.15) is 0 Å². The Morgan fingerprint density at radius 3 is 2.77 bits per heavy atom. The van der Waals surface area contributed by atoms with Crippen molar-refractivity contribution in [2.75, 3.05) is 31.1 Å². The van der Waals surface area contributed by atoms with E-state index in [2.05, 4.69) is 21.3 Å². The number of pyridine rings is 1. The molecule has 0 bridgehead atoms. The van der Waals surface area contributed by atoms with Crippen LogP contribution in [-0.2, 0) is 0 Å². The zero-order valence-electron chi connectivity index (χ0n) is 7.53. The lowest BCUT2D eigenvalue weighted by Crippen LogP contribution is -2.71. The van der Waals surface area contributed by atoms with Gasteiger partial charge in [-0.3, -0.25) is 4.98 Å². The molecule has 0 radical (unpaired) electrons. The molecule has 0 aliphatic carbocycles. The fraction of sp³-hybridized carbons (Fsp3) is 0.500. The summed E-state index contributed by atoms with van der Waals surface area (Å²) >= 11 is 0. The van der Waals surface area contributed by atoms with Crippen LogP contribution >= 0.6 is 0 Å². The van der Waals surface area contributed by atoms with Crippen molar-refractivity contribution in [2.24, 2.45) is 5.41 Å². The molecule has 1 aromatic heterocycles. The van der Waals surface area contributed by atoms with Crippen LogP contribution in [0.25, 0.3) is 0 Å². The smallest absolute Gasteiger partial charge is 0.0553 e. The molecule has 3 nitrogen and oxygen atoms in total. The predicted molar refractivity (Wildman–Crippen MR) is 51.8 cm³/mol. The summed E-state index contributed by atoms with van der Waals surface area (Å²) in [5.74, 6) is 0. The molecule has 1 aromatic rings. The van der Waals surface area contributed by atoms with Gasteiger partial charge in [0.15, 0.2) is 0 Å². The van der Waals surface area contributed by atoms with Crippen LogP contribution in [0.2, 0.25) is 0 Å². The van der Waals surface area contributed by atoms with Crippen LogP contribution in [0.3, 0.4) is 0 Å². The second-order valence-electron chi connectivity index (χ2n) is 4.17. The fourth-order valence-corrected chi connectivity index (χ4v) is 2.19. The maximum absolute atomic E-state index is 4.12. The van der Waals surface area contributed by atoms with Crippen molar-refractivity contribution in [3.05, 3.63) is 24.5 Å². The Bertz CT molecular complexity index is 297. The van der Waals surface area contributed by atoms with Crippen LogP contribution < -0.4 is 10.2 Å². The summed E-state index contributed by atoms with van der Waals surface area (Å²) in [5, 5.41) is 3.33. The topological polar surface area (TPSA) is 28.2 Å². The summed E-state index contributed by atoms with van der Waals surface area (Å²) in [6.45, 7) is 4.80. The molecule has 0 unspecified atom stereocenters. The van der Waals surface area contributed by atoms with Gasteiger partial charge in [-0.2, -0.15) is 0 Å². The van der Waals surface area contributed by atoms with Crippen molar-refractivity contribution in [1.82, 2.24) is 10.3 Å². The van der Waals surface area contributed by atoms with E-state index in [4.69, 9.17) is 0 Å². The molecule has 0 saturated carbocycles. The minimum absolute atomic E-state index is 0.607. The van der Waals surface area contributed by atoms with Crippen LogP contribution in [0, 0.1) is 5.41 Å². The lowest BCUT2D eigenvalue weighted by Gasteiger charge is -2.56. The minimum atomic E-state index is 0.607. The molecular weight excluding hydrogens is 162 g/mol. The van der Waals surface area contributed by atoms with Crippen molar-refractivity contribution in [3.8, 4) is 0 Å². The van der Waals surface area contributed by atoms with Gasteiger partial charge < -0.3 is 10.2 Å². The van der Waals surface area contributed by atoms with Crippen molar-refractivity contribution in [2.45, 2.75) is 0 Å². The number of hydrogen-bond donors (Lipinski definition) is 1. The van der Waals surface area contributed by atoms with E-state index in [1.807, 2.05) is 18.5 Å².